The zero-order chi connectivity index (χ0) is 20.1. The third kappa shape index (κ3) is 3.94. The van der Waals surface area contributed by atoms with Gasteiger partial charge in [-0.05, 0) is 35.6 Å². The lowest BCUT2D eigenvalue weighted by molar-refractivity contribution is 0.0693. The average Bonchev–Trinajstić information content (AvgIpc) is 2.72. The summed E-state index contributed by atoms with van der Waals surface area (Å²) in [7, 11) is 0. The first kappa shape index (κ1) is 19.7. The first-order chi connectivity index (χ1) is 13.6. The van der Waals surface area contributed by atoms with Crippen molar-refractivity contribution >= 4 is 5.97 Å². The molecule has 0 amide bonds. The molecule has 3 rings (SSSR count). The summed E-state index contributed by atoms with van der Waals surface area (Å²) >= 11 is 0. The topological polar surface area (TPSA) is 57.5 Å². The minimum atomic E-state index is -1.11. The number of aromatic hydroxyl groups is 1. The number of rotatable bonds is 7. The Morgan fingerprint density at radius 3 is 1.75 bits per heavy atom. The van der Waals surface area contributed by atoms with Crippen molar-refractivity contribution in [3.63, 3.8) is 0 Å². The van der Waals surface area contributed by atoms with Crippen LogP contribution in [0, 0.1) is 0 Å². The molecule has 2 unspecified atom stereocenters. The van der Waals surface area contributed by atoms with E-state index in [2.05, 4.69) is 26.0 Å². The Balaban J connectivity index is 2.19. The van der Waals surface area contributed by atoms with E-state index in [-0.39, 0.29) is 23.1 Å². The van der Waals surface area contributed by atoms with Crippen molar-refractivity contribution in [1.82, 2.24) is 0 Å². The van der Waals surface area contributed by atoms with Crippen LogP contribution in [0.25, 0.3) is 0 Å². The maximum Gasteiger partial charge on any atom is 0.339 e. The van der Waals surface area contributed by atoms with E-state index < -0.39 is 5.97 Å². The maximum absolute atomic E-state index is 11.9. The zero-order valence-corrected chi connectivity index (χ0v) is 16.3. The highest BCUT2D eigenvalue weighted by molar-refractivity contribution is 5.92. The summed E-state index contributed by atoms with van der Waals surface area (Å²) in [5, 5.41) is 20.5. The lowest BCUT2D eigenvalue weighted by Crippen LogP contribution is -2.09. The molecular formula is C25H26O3. The number of benzene rings is 3. The SMILES string of the molecule is CCC(c1ccccc1)c1cc(C(=O)O)c(O)c(C(CC)c2ccccc2)c1. The van der Waals surface area contributed by atoms with E-state index in [1.54, 1.807) is 6.07 Å². The Kier molecular flexibility index (Phi) is 6.15. The lowest BCUT2D eigenvalue weighted by Gasteiger charge is -2.23. The predicted octanol–water partition coefficient (Wildman–Crippen LogP) is 6.17. The molecule has 0 aliphatic heterocycles. The van der Waals surface area contributed by atoms with Gasteiger partial charge < -0.3 is 10.2 Å². The average molecular weight is 374 g/mol. The van der Waals surface area contributed by atoms with Gasteiger partial charge in [0.25, 0.3) is 0 Å². The van der Waals surface area contributed by atoms with Crippen LogP contribution in [0.5, 0.6) is 5.75 Å². The Morgan fingerprint density at radius 2 is 1.29 bits per heavy atom. The van der Waals surface area contributed by atoms with Gasteiger partial charge >= 0.3 is 5.97 Å². The van der Waals surface area contributed by atoms with Crippen molar-refractivity contribution in [2.24, 2.45) is 0 Å². The zero-order valence-electron chi connectivity index (χ0n) is 16.3. The standard InChI is InChI=1S/C25H26O3/c1-3-20(17-11-7-5-8-12-17)19-15-22(24(26)23(16-19)25(27)28)21(4-2)18-13-9-6-10-14-18/h5-16,20-21,26H,3-4H2,1-2H3,(H,27,28). The van der Waals surface area contributed by atoms with Gasteiger partial charge in [-0.1, -0.05) is 80.6 Å². The van der Waals surface area contributed by atoms with Gasteiger partial charge in [-0.25, -0.2) is 4.79 Å². The quantitative estimate of drug-likeness (QED) is 0.519. The lowest BCUT2D eigenvalue weighted by atomic mass is 9.82. The predicted molar refractivity (Wildman–Crippen MR) is 112 cm³/mol. The van der Waals surface area contributed by atoms with Gasteiger partial charge in [-0.2, -0.15) is 0 Å². The molecule has 0 fully saturated rings. The summed E-state index contributed by atoms with van der Waals surface area (Å²) in [5.74, 6) is -1.22. The highest BCUT2D eigenvalue weighted by Crippen LogP contribution is 2.40. The molecule has 0 aliphatic carbocycles. The highest BCUT2D eigenvalue weighted by atomic mass is 16.4. The minimum Gasteiger partial charge on any atom is -0.507 e. The third-order valence-electron chi connectivity index (χ3n) is 5.39. The second kappa shape index (κ2) is 8.75. The Morgan fingerprint density at radius 1 is 0.786 bits per heavy atom. The molecule has 3 aromatic carbocycles. The van der Waals surface area contributed by atoms with Crippen LogP contribution in [0.1, 0.15) is 71.1 Å². The molecular weight excluding hydrogens is 348 g/mol. The Labute approximate surface area is 166 Å². The van der Waals surface area contributed by atoms with Gasteiger partial charge in [0.15, 0.2) is 0 Å². The highest BCUT2D eigenvalue weighted by Gasteiger charge is 2.24. The third-order valence-corrected chi connectivity index (χ3v) is 5.39. The van der Waals surface area contributed by atoms with E-state index in [1.807, 2.05) is 54.6 Å². The molecule has 0 saturated heterocycles. The summed E-state index contributed by atoms with van der Waals surface area (Å²) in [5.41, 5.74) is 3.79. The van der Waals surface area contributed by atoms with Crippen LogP contribution >= 0.6 is 0 Å². The maximum atomic E-state index is 11.9. The second-order valence-electron chi connectivity index (χ2n) is 7.05. The molecule has 3 heteroatoms. The molecule has 0 spiro atoms. The van der Waals surface area contributed by atoms with E-state index in [1.165, 1.54) is 0 Å². The van der Waals surface area contributed by atoms with Crippen molar-refractivity contribution in [3.8, 4) is 5.75 Å². The Bertz CT molecular complexity index is 933. The van der Waals surface area contributed by atoms with Crippen molar-refractivity contribution < 1.29 is 15.0 Å². The fourth-order valence-electron chi connectivity index (χ4n) is 3.98. The van der Waals surface area contributed by atoms with E-state index in [4.69, 9.17) is 0 Å². The van der Waals surface area contributed by atoms with Crippen LogP contribution < -0.4 is 0 Å². The smallest absolute Gasteiger partial charge is 0.339 e. The fraction of sp³-hybridized carbons (Fsp3) is 0.240. The van der Waals surface area contributed by atoms with Gasteiger partial charge in [-0.15, -0.1) is 0 Å². The van der Waals surface area contributed by atoms with Crippen LogP contribution in [0.3, 0.4) is 0 Å². The molecule has 3 aromatic rings. The molecule has 28 heavy (non-hydrogen) atoms. The number of hydrogen-bond acceptors (Lipinski definition) is 2. The number of aromatic carboxylic acids is 1. The van der Waals surface area contributed by atoms with Crippen LogP contribution in [0.4, 0.5) is 0 Å². The summed E-state index contributed by atoms with van der Waals surface area (Å²) in [4.78, 5) is 11.9. The molecule has 2 atom stereocenters. The number of carboxylic acid groups (broad SMARTS) is 1. The van der Waals surface area contributed by atoms with Crippen molar-refractivity contribution in [2.45, 2.75) is 38.5 Å². The van der Waals surface area contributed by atoms with Crippen LogP contribution in [-0.2, 0) is 0 Å². The first-order valence-corrected chi connectivity index (χ1v) is 9.76. The first-order valence-electron chi connectivity index (χ1n) is 9.76. The van der Waals surface area contributed by atoms with E-state index in [0.29, 0.717) is 5.56 Å². The van der Waals surface area contributed by atoms with Crippen LogP contribution in [0.2, 0.25) is 0 Å². The van der Waals surface area contributed by atoms with Crippen LogP contribution in [-0.4, -0.2) is 16.2 Å². The number of phenols is 1. The molecule has 0 radical (unpaired) electrons. The molecule has 0 heterocycles. The summed E-state index contributed by atoms with van der Waals surface area (Å²) < 4.78 is 0. The normalized spacial score (nSPS) is 13.1. The molecule has 0 bridgehead atoms. The van der Waals surface area contributed by atoms with E-state index >= 15 is 0 Å². The van der Waals surface area contributed by atoms with Crippen molar-refractivity contribution in [3.05, 3.63) is 101 Å². The number of carboxylic acids is 1. The van der Waals surface area contributed by atoms with Gasteiger partial charge in [0.1, 0.15) is 11.3 Å². The largest absolute Gasteiger partial charge is 0.507 e. The van der Waals surface area contributed by atoms with E-state index in [0.717, 1.165) is 29.5 Å². The summed E-state index contributed by atoms with van der Waals surface area (Å²) in [6, 6.07) is 23.7. The molecule has 0 aliphatic rings. The molecule has 0 saturated carbocycles. The van der Waals surface area contributed by atoms with E-state index in [9.17, 15) is 15.0 Å². The van der Waals surface area contributed by atoms with Gasteiger partial charge in [0.05, 0.1) is 0 Å². The minimum absolute atomic E-state index is 0.0312. The molecule has 3 nitrogen and oxygen atoms in total. The fourth-order valence-corrected chi connectivity index (χ4v) is 3.98. The summed E-state index contributed by atoms with van der Waals surface area (Å²) in [6.45, 7) is 4.15. The van der Waals surface area contributed by atoms with Gasteiger partial charge in [0.2, 0.25) is 0 Å². The summed E-state index contributed by atoms with van der Waals surface area (Å²) in [6.07, 6.45) is 1.61. The van der Waals surface area contributed by atoms with Gasteiger partial charge in [-0.3, -0.25) is 0 Å². The monoisotopic (exact) mass is 374 g/mol. The molecule has 0 aromatic heterocycles. The van der Waals surface area contributed by atoms with Crippen LogP contribution in [0.15, 0.2) is 72.8 Å². The van der Waals surface area contributed by atoms with Crippen molar-refractivity contribution in [1.29, 1.82) is 0 Å². The van der Waals surface area contributed by atoms with Crippen molar-refractivity contribution in [2.75, 3.05) is 0 Å². The Hall–Kier alpha value is -3.07. The number of carbonyl (C=O) groups is 1. The second-order valence-corrected chi connectivity index (χ2v) is 7.05. The molecule has 2 N–H and O–H groups in total. The molecule has 144 valence electrons. The number of hydrogen-bond donors (Lipinski definition) is 2. The van der Waals surface area contributed by atoms with Gasteiger partial charge in [0, 0.05) is 17.4 Å².